The van der Waals surface area contributed by atoms with Gasteiger partial charge in [-0.3, -0.25) is 0 Å². The first-order chi connectivity index (χ1) is 10.2. The molecule has 3 unspecified atom stereocenters. The van der Waals surface area contributed by atoms with Crippen LogP contribution in [-0.4, -0.2) is 16.0 Å². The van der Waals surface area contributed by atoms with Crippen molar-refractivity contribution in [1.82, 2.24) is 15.3 Å². The van der Waals surface area contributed by atoms with Gasteiger partial charge in [-0.2, -0.15) is 0 Å². The second kappa shape index (κ2) is 5.05. The van der Waals surface area contributed by atoms with Crippen LogP contribution in [0.1, 0.15) is 50.4 Å². The maximum absolute atomic E-state index is 13.8. The van der Waals surface area contributed by atoms with Crippen molar-refractivity contribution in [3.8, 4) is 0 Å². The highest BCUT2D eigenvalue weighted by Crippen LogP contribution is 2.36. The number of hydrogen-bond acceptors (Lipinski definition) is 2. The summed E-state index contributed by atoms with van der Waals surface area (Å²) in [5, 5.41) is 3.66. The second-order valence-corrected chi connectivity index (χ2v) is 6.33. The quantitative estimate of drug-likeness (QED) is 0.838. The van der Waals surface area contributed by atoms with Gasteiger partial charge in [0.25, 0.3) is 0 Å². The van der Waals surface area contributed by atoms with Gasteiger partial charge in [0.15, 0.2) is 11.6 Å². The SMILES string of the molecule is Fc1ccc2[nH]c(C3CCC4CCCCC4N3)nc2c1F. The summed E-state index contributed by atoms with van der Waals surface area (Å²) in [5.74, 6) is -0.196. The molecule has 4 rings (SSSR count). The standard InChI is InChI=1S/C16H19F2N3/c17-10-6-8-12-15(14(10)18)21-16(20-12)13-7-5-9-3-1-2-4-11(9)19-13/h6,8-9,11,13,19H,1-5,7H2,(H,20,21). The number of fused-ring (bicyclic) bond motifs is 2. The smallest absolute Gasteiger partial charge is 0.186 e. The fourth-order valence-electron chi connectivity index (χ4n) is 3.91. The van der Waals surface area contributed by atoms with E-state index in [1.807, 2.05) is 0 Å². The Morgan fingerprint density at radius 2 is 1.90 bits per heavy atom. The fraction of sp³-hybridized carbons (Fsp3) is 0.562. The summed E-state index contributed by atoms with van der Waals surface area (Å²) < 4.78 is 27.0. The van der Waals surface area contributed by atoms with E-state index >= 15 is 0 Å². The average Bonchev–Trinajstić information content (AvgIpc) is 2.95. The monoisotopic (exact) mass is 291 g/mol. The van der Waals surface area contributed by atoms with Gasteiger partial charge in [-0.05, 0) is 43.7 Å². The Morgan fingerprint density at radius 3 is 2.81 bits per heavy atom. The minimum Gasteiger partial charge on any atom is -0.341 e. The molecule has 2 N–H and O–H groups in total. The van der Waals surface area contributed by atoms with Gasteiger partial charge in [0.05, 0.1) is 11.6 Å². The normalized spacial score (nSPS) is 29.5. The number of halogens is 2. The first-order valence-corrected chi connectivity index (χ1v) is 7.82. The summed E-state index contributed by atoms with van der Waals surface area (Å²) in [5.41, 5.74) is 0.675. The summed E-state index contributed by atoms with van der Waals surface area (Å²) >= 11 is 0. The molecule has 5 heteroatoms. The maximum Gasteiger partial charge on any atom is 0.186 e. The van der Waals surface area contributed by atoms with E-state index in [1.54, 1.807) is 6.07 Å². The van der Waals surface area contributed by atoms with Crippen molar-refractivity contribution in [1.29, 1.82) is 0 Å². The number of imidazole rings is 1. The third kappa shape index (κ3) is 2.24. The second-order valence-electron chi connectivity index (χ2n) is 6.33. The van der Waals surface area contributed by atoms with Gasteiger partial charge in [0.1, 0.15) is 11.3 Å². The van der Waals surface area contributed by atoms with Crippen LogP contribution in [0.25, 0.3) is 11.0 Å². The van der Waals surface area contributed by atoms with E-state index in [0.717, 1.165) is 24.2 Å². The number of benzene rings is 1. The molecule has 3 nitrogen and oxygen atoms in total. The van der Waals surface area contributed by atoms with Gasteiger partial charge < -0.3 is 10.3 Å². The van der Waals surface area contributed by atoms with Gasteiger partial charge >= 0.3 is 0 Å². The van der Waals surface area contributed by atoms with Crippen LogP contribution in [0.2, 0.25) is 0 Å². The van der Waals surface area contributed by atoms with Crippen molar-refractivity contribution in [2.75, 3.05) is 0 Å². The highest BCUT2D eigenvalue weighted by atomic mass is 19.2. The van der Waals surface area contributed by atoms with Crippen molar-refractivity contribution < 1.29 is 8.78 Å². The first-order valence-electron chi connectivity index (χ1n) is 7.82. The lowest BCUT2D eigenvalue weighted by Crippen LogP contribution is -2.45. The number of nitrogens with one attached hydrogen (secondary N) is 2. The number of hydrogen-bond donors (Lipinski definition) is 2. The number of H-pyrrole nitrogens is 1. The topological polar surface area (TPSA) is 40.7 Å². The van der Waals surface area contributed by atoms with E-state index in [1.165, 1.54) is 32.1 Å². The summed E-state index contributed by atoms with van der Waals surface area (Å²) in [4.78, 5) is 7.45. The lowest BCUT2D eigenvalue weighted by Gasteiger charge is -2.39. The summed E-state index contributed by atoms with van der Waals surface area (Å²) in [7, 11) is 0. The molecule has 1 aromatic carbocycles. The van der Waals surface area contributed by atoms with Gasteiger partial charge in [-0.25, -0.2) is 13.8 Å². The van der Waals surface area contributed by atoms with E-state index in [-0.39, 0.29) is 11.6 Å². The molecule has 1 saturated carbocycles. The van der Waals surface area contributed by atoms with Crippen molar-refractivity contribution in [3.05, 3.63) is 29.6 Å². The van der Waals surface area contributed by atoms with Crippen LogP contribution in [0.3, 0.4) is 0 Å². The van der Waals surface area contributed by atoms with Gasteiger partial charge in [0, 0.05) is 6.04 Å². The molecule has 2 fully saturated rings. The zero-order valence-electron chi connectivity index (χ0n) is 11.8. The van der Waals surface area contributed by atoms with Crippen molar-refractivity contribution in [3.63, 3.8) is 0 Å². The first kappa shape index (κ1) is 13.2. The fourth-order valence-corrected chi connectivity index (χ4v) is 3.91. The predicted octanol–water partition coefficient (Wildman–Crippen LogP) is 3.82. The van der Waals surface area contributed by atoms with E-state index in [2.05, 4.69) is 15.3 Å². The minimum absolute atomic E-state index is 0.109. The van der Waals surface area contributed by atoms with Crippen molar-refractivity contribution in [2.45, 2.75) is 50.6 Å². The average molecular weight is 291 g/mol. The molecule has 1 saturated heterocycles. The van der Waals surface area contributed by atoms with Crippen LogP contribution in [-0.2, 0) is 0 Å². The molecular formula is C16H19F2N3. The number of nitrogens with zero attached hydrogens (tertiary/aromatic N) is 1. The third-order valence-electron chi connectivity index (χ3n) is 5.04. The van der Waals surface area contributed by atoms with Crippen LogP contribution in [0.4, 0.5) is 8.78 Å². The Labute approximate surface area is 122 Å². The Bertz CT molecular complexity index is 667. The van der Waals surface area contributed by atoms with Crippen LogP contribution < -0.4 is 5.32 Å². The molecule has 0 radical (unpaired) electrons. The number of rotatable bonds is 1. The molecule has 3 atom stereocenters. The van der Waals surface area contributed by atoms with E-state index in [4.69, 9.17) is 0 Å². The highest BCUT2D eigenvalue weighted by molar-refractivity contribution is 5.75. The lowest BCUT2D eigenvalue weighted by molar-refractivity contribution is 0.174. The summed E-state index contributed by atoms with van der Waals surface area (Å²) in [6, 6.07) is 3.37. The van der Waals surface area contributed by atoms with Crippen molar-refractivity contribution in [2.24, 2.45) is 5.92 Å². The Balaban J connectivity index is 1.63. The van der Waals surface area contributed by atoms with Crippen LogP contribution >= 0.6 is 0 Å². The van der Waals surface area contributed by atoms with E-state index in [9.17, 15) is 8.78 Å². The number of aromatic nitrogens is 2. The number of aromatic amines is 1. The van der Waals surface area contributed by atoms with Crippen LogP contribution in [0.15, 0.2) is 12.1 Å². The maximum atomic E-state index is 13.8. The molecule has 21 heavy (non-hydrogen) atoms. The largest absolute Gasteiger partial charge is 0.341 e. The van der Waals surface area contributed by atoms with Gasteiger partial charge in [0.2, 0.25) is 0 Å². The summed E-state index contributed by atoms with van der Waals surface area (Å²) in [6.45, 7) is 0. The molecule has 2 aromatic rings. The minimum atomic E-state index is -0.860. The molecule has 1 aliphatic carbocycles. The van der Waals surface area contributed by atoms with Crippen molar-refractivity contribution >= 4 is 11.0 Å². The molecule has 2 aliphatic rings. The van der Waals surface area contributed by atoms with Gasteiger partial charge in [-0.1, -0.05) is 12.8 Å². The molecule has 112 valence electrons. The number of piperidine rings is 1. The Morgan fingerprint density at radius 1 is 1.05 bits per heavy atom. The molecular weight excluding hydrogens is 272 g/mol. The molecule has 0 bridgehead atoms. The van der Waals surface area contributed by atoms with Crippen LogP contribution in [0, 0.1) is 17.6 Å². The molecule has 1 aliphatic heterocycles. The zero-order chi connectivity index (χ0) is 14.4. The zero-order valence-corrected chi connectivity index (χ0v) is 11.8. The van der Waals surface area contributed by atoms with Crippen LogP contribution in [0.5, 0.6) is 0 Å². The lowest BCUT2D eigenvalue weighted by atomic mass is 9.77. The molecule has 1 aromatic heterocycles. The Kier molecular flexibility index (Phi) is 3.17. The van der Waals surface area contributed by atoms with Gasteiger partial charge in [-0.15, -0.1) is 0 Å². The third-order valence-corrected chi connectivity index (χ3v) is 5.04. The highest BCUT2D eigenvalue weighted by Gasteiger charge is 2.33. The van der Waals surface area contributed by atoms with E-state index in [0.29, 0.717) is 11.6 Å². The summed E-state index contributed by atoms with van der Waals surface area (Å²) in [6.07, 6.45) is 7.33. The Hall–Kier alpha value is -1.49. The molecule has 0 amide bonds. The molecule has 0 spiro atoms. The predicted molar refractivity (Wildman–Crippen MR) is 76.9 cm³/mol. The molecule has 2 heterocycles. The van der Waals surface area contributed by atoms with E-state index < -0.39 is 11.6 Å².